The van der Waals surface area contributed by atoms with Gasteiger partial charge in [0.1, 0.15) is 12.4 Å². The highest BCUT2D eigenvalue weighted by Crippen LogP contribution is 2.39. The molecular formula is C28H38N4O3. The van der Waals surface area contributed by atoms with Crippen LogP contribution in [0.3, 0.4) is 0 Å². The highest BCUT2D eigenvalue weighted by atomic mass is 16.5. The van der Waals surface area contributed by atoms with E-state index in [1.54, 1.807) is 0 Å². The maximum Gasteiger partial charge on any atom is 0.249 e. The lowest BCUT2D eigenvalue weighted by atomic mass is 9.84. The van der Waals surface area contributed by atoms with Crippen molar-refractivity contribution in [3.63, 3.8) is 0 Å². The number of imidazole rings is 1. The Hall–Kier alpha value is -3.00. The van der Waals surface area contributed by atoms with Crippen LogP contribution in [-0.2, 0) is 16.1 Å². The molecule has 0 aliphatic rings. The van der Waals surface area contributed by atoms with Gasteiger partial charge in [-0.15, -0.1) is 0 Å². The molecule has 0 bridgehead atoms. The van der Waals surface area contributed by atoms with Gasteiger partial charge in [-0.3, -0.25) is 4.79 Å². The Morgan fingerprint density at radius 2 is 1.74 bits per heavy atom. The smallest absolute Gasteiger partial charge is 0.249 e. The summed E-state index contributed by atoms with van der Waals surface area (Å²) in [5, 5.41) is 9.47. The van der Waals surface area contributed by atoms with Crippen LogP contribution in [0.2, 0.25) is 0 Å². The molecule has 0 unspecified atom stereocenters. The van der Waals surface area contributed by atoms with Crippen molar-refractivity contribution in [1.29, 1.82) is 0 Å². The van der Waals surface area contributed by atoms with E-state index >= 15 is 0 Å². The molecule has 0 aliphatic heterocycles. The van der Waals surface area contributed by atoms with Gasteiger partial charge >= 0.3 is 0 Å². The number of benzene rings is 2. The highest BCUT2D eigenvalue weighted by Gasteiger charge is 2.38. The third-order valence-electron chi connectivity index (χ3n) is 6.01. The zero-order chi connectivity index (χ0) is 25.4. The molecule has 0 spiro atoms. The van der Waals surface area contributed by atoms with Gasteiger partial charge in [0, 0.05) is 38.0 Å². The molecule has 1 aromatic heterocycles. The standard InChI is InChI=1S/C28H38N4O3/c1-28(2,3)26(32(25(34)20-35-4)16-15-23(29)19-33)27-30-24(22-13-9-6-10-14-22)18-31(27)17-21-11-7-5-8-12-21/h5-14,18,23,26,33H,15-17,19-20,29H2,1-4H3/t23-,26+/m1/s1. The molecular weight excluding hydrogens is 440 g/mol. The number of nitrogens with two attached hydrogens (primary N) is 1. The van der Waals surface area contributed by atoms with Crippen molar-refractivity contribution in [2.45, 2.75) is 45.8 Å². The molecule has 1 amide bonds. The van der Waals surface area contributed by atoms with Crippen molar-refractivity contribution in [3.8, 4) is 11.3 Å². The number of carbonyl (C=O) groups excluding carboxylic acids is 1. The third-order valence-corrected chi connectivity index (χ3v) is 6.01. The fourth-order valence-electron chi connectivity index (χ4n) is 4.30. The Labute approximate surface area is 208 Å². The number of hydrogen-bond acceptors (Lipinski definition) is 5. The van der Waals surface area contributed by atoms with Crippen molar-refractivity contribution in [1.82, 2.24) is 14.5 Å². The molecule has 0 saturated carbocycles. The number of nitrogens with zero attached hydrogens (tertiary/aromatic N) is 3. The van der Waals surface area contributed by atoms with Crippen molar-refractivity contribution >= 4 is 5.91 Å². The van der Waals surface area contributed by atoms with Gasteiger partial charge in [0.15, 0.2) is 0 Å². The van der Waals surface area contributed by atoms with E-state index in [1.165, 1.54) is 7.11 Å². The number of rotatable bonds is 11. The number of aliphatic hydroxyl groups is 1. The van der Waals surface area contributed by atoms with Gasteiger partial charge in [0.05, 0.1) is 18.3 Å². The van der Waals surface area contributed by atoms with E-state index in [2.05, 4.69) is 43.7 Å². The number of carbonyl (C=O) groups is 1. The first-order valence-corrected chi connectivity index (χ1v) is 12.1. The second kappa shape index (κ2) is 12.1. The number of amides is 1. The Morgan fingerprint density at radius 1 is 1.11 bits per heavy atom. The zero-order valence-electron chi connectivity index (χ0n) is 21.2. The minimum Gasteiger partial charge on any atom is -0.395 e. The Morgan fingerprint density at radius 3 is 2.31 bits per heavy atom. The predicted octanol–water partition coefficient (Wildman–Crippen LogP) is 3.87. The lowest BCUT2D eigenvalue weighted by Gasteiger charge is -2.40. The predicted molar refractivity (Wildman–Crippen MR) is 139 cm³/mol. The Kier molecular flexibility index (Phi) is 9.20. The highest BCUT2D eigenvalue weighted by molar-refractivity contribution is 5.78. The minimum atomic E-state index is -0.405. The maximum atomic E-state index is 13.3. The van der Waals surface area contributed by atoms with E-state index in [1.807, 2.05) is 53.4 Å². The Balaban J connectivity index is 2.13. The SMILES string of the molecule is COCC(=O)N(CC[C@@H](N)CO)[C@@H](c1nc(-c2ccccc2)cn1Cc1ccccc1)C(C)(C)C. The first-order valence-electron chi connectivity index (χ1n) is 12.1. The molecule has 2 aromatic carbocycles. The lowest BCUT2D eigenvalue weighted by Crippen LogP contribution is -2.46. The van der Waals surface area contributed by atoms with Gasteiger partial charge in [-0.05, 0) is 17.4 Å². The molecule has 0 fully saturated rings. The third kappa shape index (κ3) is 7.01. The lowest BCUT2D eigenvalue weighted by molar-refractivity contribution is -0.140. The van der Waals surface area contributed by atoms with Crippen LogP contribution in [0.5, 0.6) is 0 Å². The van der Waals surface area contributed by atoms with E-state index in [9.17, 15) is 9.90 Å². The molecule has 2 atom stereocenters. The van der Waals surface area contributed by atoms with Crippen LogP contribution < -0.4 is 5.73 Å². The quantitative estimate of drug-likeness (QED) is 0.436. The van der Waals surface area contributed by atoms with Gasteiger partial charge in [-0.2, -0.15) is 0 Å². The molecule has 3 N–H and O–H groups in total. The number of aromatic nitrogens is 2. The van der Waals surface area contributed by atoms with Crippen molar-refractivity contribution in [3.05, 3.63) is 78.2 Å². The van der Waals surface area contributed by atoms with Crippen molar-refractivity contribution in [2.75, 3.05) is 26.9 Å². The summed E-state index contributed by atoms with van der Waals surface area (Å²) in [6.07, 6.45) is 2.54. The first-order chi connectivity index (χ1) is 16.7. The average molecular weight is 479 g/mol. The van der Waals surface area contributed by atoms with Crippen LogP contribution in [0, 0.1) is 5.41 Å². The maximum absolute atomic E-state index is 13.3. The van der Waals surface area contributed by atoms with E-state index < -0.39 is 6.04 Å². The average Bonchev–Trinajstić information content (AvgIpc) is 3.24. The summed E-state index contributed by atoms with van der Waals surface area (Å²) in [6.45, 7) is 7.19. The van der Waals surface area contributed by atoms with Crippen LogP contribution in [0.15, 0.2) is 66.9 Å². The fourth-order valence-corrected chi connectivity index (χ4v) is 4.30. The van der Waals surface area contributed by atoms with Crippen LogP contribution in [0.4, 0.5) is 0 Å². The van der Waals surface area contributed by atoms with E-state index in [4.69, 9.17) is 15.5 Å². The molecule has 188 valence electrons. The van der Waals surface area contributed by atoms with E-state index in [0.717, 1.165) is 22.6 Å². The first kappa shape index (κ1) is 26.6. The van der Waals surface area contributed by atoms with Crippen molar-refractivity contribution in [2.24, 2.45) is 11.1 Å². The Bertz CT molecular complexity index is 1060. The number of methoxy groups -OCH3 is 1. The van der Waals surface area contributed by atoms with Crippen LogP contribution in [0.25, 0.3) is 11.3 Å². The fraction of sp³-hybridized carbons (Fsp3) is 0.429. The second-order valence-electron chi connectivity index (χ2n) is 9.98. The summed E-state index contributed by atoms with van der Waals surface area (Å²) >= 11 is 0. The molecule has 0 saturated heterocycles. The summed E-state index contributed by atoms with van der Waals surface area (Å²) in [6, 6.07) is 19.5. The largest absolute Gasteiger partial charge is 0.395 e. The van der Waals surface area contributed by atoms with Gasteiger partial charge in [0.2, 0.25) is 5.91 Å². The molecule has 3 aromatic rings. The van der Waals surface area contributed by atoms with Gasteiger partial charge in [0.25, 0.3) is 0 Å². The van der Waals surface area contributed by atoms with Crippen LogP contribution in [-0.4, -0.2) is 58.4 Å². The van der Waals surface area contributed by atoms with Crippen LogP contribution in [0.1, 0.15) is 44.6 Å². The normalized spacial score (nSPS) is 13.4. The molecule has 1 heterocycles. The molecule has 7 nitrogen and oxygen atoms in total. The van der Waals surface area contributed by atoms with Crippen molar-refractivity contribution < 1.29 is 14.6 Å². The summed E-state index contributed by atoms with van der Waals surface area (Å²) < 4.78 is 7.36. The molecule has 0 aliphatic carbocycles. The number of ether oxygens (including phenoxy) is 1. The summed E-state index contributed by atoms with van der Waals surface area (Å²) in [7, 11) is 1.52. The minimum absolute atomic E-state index is 0.0358. The monoisotopic (exact) mass is 478 g/mol. The number of aliphatic hydroxyl groups excluding tert-OH is 1. The van der Waals surface area contributed by atoms with Gasteiger partial charge in [-0.25, -0.2) is 4.98 Å². The summed E-state index contributed by atoms with van der Waals surface area (Å²) in [4.78, 5) is 20.2. The van der Waals surface area contributed by atoms with Gasteiger partial charge in [-0.1, -0.05) is 81.4 Å². The molecule has 0 radical (unpaired) electrons. The molecule has 35 heavy (non-hydrogen) atoms. The molecule has 7 heteroatoms. The zero-order valence-corrected chi connectivity index (χ0v) is 21.2. The van der Waals surface area contributed by atoms with E-state index in [-0.39, 0.29) is 30.6 Å². The van der Waals surface area contributed by atoms with E-state index in [0.29, 0.717) is 19.5 Å². The summed E-state index contributed by atoms with van der Waals surface area (Å²) in [5.74, 6) is 0.676. The van der Waals surface area contributed by atoms with Crippen LogP contribution >= 0.6 is 0 Å². The molecule has 3 rings (SSSR count). The summed E-state index contributed by atoms with van der Waals surface area (Å²) in [5.41, 5.74) is 8.71. The second-order valence-corrected chi connectivity index (χ2v) is 9.98. The van der Waals surface area contributed by atoms with Gasteiger partial charge < -0.3 is 25.0 Å². The topological polar surface area (TPSA) is 93.6 Å². The number of hydrogen-bond donors (Lipinski definition) is 2.